The molecule has 2 aliphatic rings. The third-order valence-electron chi connectivity index (χ3n) is 5.58. The van der Waals surface area contributed by atoms with Gasteiger partial charge in [0.2, 0.25) is 0 Å². The Labute approximate surface area is 130 Å². The molecule has 0 bridgehead atoms. The zero-order chi connectivity index (χ0) is 14.7. The fourth-order valence-corrected chi connectivity index (χ4v) is 3.94. The maximum atomic E-state index is 4.01. The molecular weight excluding hydrogens is 254 g/mol. The third kappa shape index (κ3) is 4.10. The van der Waals surface area contributed by atoms with Gasteiger partial charge in [-0.15, -0.1) is 0 Å². The SMILES string of the molecule is Cc1ccc(C(N[C@@H](C)C2CCCCCC2)C2CC2)cc1. The van der Waals surface area contributed by atoms with Gasteiger partial charge in [-0.2, -0.15) is 0 Å². The summed E-state index contributed by atoms with van der Waals surface area (Å²) in [4.78, 5) is 0. The van der Waals surface area contributed by atoms with Gasteiger partial charge in [-0.1, -0.05) is 55.5 Å². The van der Waals surface area contributed by atoms with Crippen LogP contribution in [0.3, 0.4) is 0 Å². The number of hydrogen-bond donors (Lipinski definition) is 1. The van der Waals surface area contributed by atoms with E-state index < -0.39 is 0 Å². The molecule has 0 aromatic heterocycles. The zero-order valence-electron chi connectivity index (χ0n) is 13.8. The minimum absolute atomic E-state index is 0.587. The Morgan fingerprint density at radius 1 is 0.857 bits per heavy atom. The Hall–Kier alpha value is -0.820. The maximum absolute atomic E-state index is 4.01. The van der Waals surface area contributed by atoms with E-state index in [4.69, 9.17) is 0 Å². The second-order valence-electron chi connectivity index (χ2n) is 7.43. The zero-order valence-corrected chi connectivity index (χ0v) is 13.8. The van der Waals surface area contributed by atoms with E-state index in [1.807, 2.05) is 0 Å². The molecule has 1 heteroatoms. The molecule has 21 heavy (non-hydrogen) atoms. The van der Waals surface area contributed by atoms with Gasteiger partial charge < -0.3 is 5.32 Å². The molecule has 2 saturated carbocycles. The van der Waals surface area contributed by atoms with Gasteiger partial charge in [-0.25, -0.2) is 0 Å². The van der Waals surface area contributed by atoms with Crippen LogP contribution in [0, 0.1) is 18.8 Å². The van der Waals surface area contributed by atoms with Crippen LogP contribution < -0.4 is 5.32 Å². The van der Waals surface area contributed by atoms with Crippen molar-refractivity contribution in [3.63, 3.8) is 0 Å². The van der Waals surface area contributed by atoms with Crippen LogP contribution in [0.5, 0.6) is 0 Å². The van der Waals surface area contributed by atoms with E-state index in [0.717, 1.165) is 11.8 Å². The largest absolute Gasteiger partial charge is 0.307 e. The van der Waals surface area contributed by atoms with Crippen molar-refractivity contribution in [1.82, 2.24) is 5.32 Å². The van der Waals surface area contributed by atoms with E-state index in [-0.39, 0.29) is 0 Å². The molecular formula is C20H31N. The molecule has 2 atom stereocenters. The first-order chi connectivity index (χ1) is 10.2. The molecule has 1 N–H and O–H groups in total. The Bertz CT molecular complexity index is 424. The number of aryl methyl sites for hydroxylation is 1. The Morgan fingerprint density at radius 3 is 2.05 bits per heavy atom. The summed E-state index contributed by atoms with van der Waals surface area (Å²) in [5, 5.41) is 4.01. The number of benzene rings is 1. The highest BCUT2D eigenvalue weighted by atomic mass is 15.0. The van der Waals surface area contributed by atoms with E-state index in [2.05, 4.69) is 43.4 Å². The van der Waals surface area contributed by atoms with Crippen LogP contribution in [-0.4, -0.2) is 6.04 Å². The lowest BCUT2D eigenvalue weighted by molar-refractivity contribution is 0.298. The van der Waals surface area contributed by atoms with Crippen molar-refractivity contribution in [2.24, 2.45) is 11.8 Å². The van der Waals surface area contributed by atoms with Crippen molar-refractivity contribution < 1.29 is 0 Å². The molecule has 2 aliphatic carbocycles. The van der Waals surface area contributed by atoms with Crippen molar-refractivity contribution in [2.45, 2.75) is 77.3 Å². The molecule has 1 aromatic carbocycles. The minimum atomic E-state index is 0.587. The molecule has 0 amide bonds. The quantitative estimate of drug-likeness (QED) is 0.715. The molecule has 1 nitrogen and oxygen atoms in total. The number of hydrogen-bond acceptors (Lipinski definition) is 1. The highest BCUT2D eigenvalue weighted by molar-refractivity contribution is 5.25. The van der Waals surface area contributed by atoms with Crippen LogP contribution in [0.15, 0.2) is 24.3 Å². The lowest BCUT2D eigenvalue weighted by atomic mass is 9.91. The molecule has 1 unspecified atom stereocenters. The Kier molecular flexibility index (Phi) is 5.00. The molecule has 116 valence electrons. The summed E-state index contributed by atoms with van der Waals surface area (Å²) >= 11 is 0. The van der Waals surface area contributed by atoms with E-state index in [1.54, 1.807) is 0 Å². The molecule has 3 rings (SSSR count). The number of rotatable bonds is 5. The van der Waals surface area contributed by atoms with Crippen molar-refractivity contribution >= 4 is 0 Å². The fraction of sp³-hybridized carbons (Fsp3) is 0.700. The van der Waals surface area contributed by atoms with Crippen molar-refractivity contribution in [1.29, 1.82) is 0 Å². The molecule has 0 saturated heterocycles. The molecule has 0 spiro atoms. The lowest BCUT2D eigenvalue weighted by Gasteiger charge is -2.29. The summed E-state index contributed by atoms with van der Waals surface area (Å²) in [5.41, 5.74) is 2.87. The first kappa shape index (κ1) is 15.1. The smallest absolute Gasteiger partial charge is 0.0351 e. The van der Waals surface area contributed by atoms with Gasteiger partial charge in [0.1, 0.15) is 0 Å². The predicted molar refractivity (Wildman–Crippen MR) is 90.4 cm³/mol. The second-order valence-corrected chi connectivity index (χ2v) is 7.43. The van der Waals surface area contributed by atoms with Gasteiger partial charge in [0.15, 0.2) is 0 Å². The summed E-state index contributed by atoms with van der Waals surface area (Å²) in [7, 11) is 0. The first-order valence-electron chi connectivity index (χ1n) is 9.06. The third-order valence-corrected chi connectivity index (χ3v) is 5.58. The first-order valence-corrected chi connectivity index (χ1v) is 9.06. The lowest BCUT2D eigenvalue weighted by Crippen LogP contribution is -2.37. The van der Waals surface area contributed by atoms with Crippen molar-refractivity contribution in [2.75, 3.05) is 0 Å². The van der Waals surface area contributed by atoms with Gasteiger partial charge in [0.25, 0.3) is 0 Å². The molecule has 0 heterocycles. The van der Waals surface area contributed by atoms with Gasteiger partial charge in [0.05, 0.1) is 0 Å². The van der Waals surface area contributed by atoms with E-state index in [1.165, 1.54) is 62.5 Å². The second kappa shape index (κ2) is 6.96. The molecule has 1 aromatic rings. The van der Waals surface area contributed by atoms with Gasteiger partial charge >= 0.3 is 0 Å². The van der Waals surface area contributed by atoms with Crippen LogP contribution in [0.4, 0.5) is 0 Å². The van der Waals surface area contributed by atoms with Gasteiger partial charge in [-0.05, 0) is 56.9 Å². The Morgan fingerprint density at radius 2 is 1.48 bits per heavy atom. The van der Waals surface area contributed by atoms with Crippen molar-refractivity contribution in [3.8, 4) is 0 Å². The maximum Gasteiger partial charge on any atom is 0.0351 e. The topological polar surface area (TPSA) is 12.0 Å². The summed E-state index contributed by atoms with van der Waals surface area (Å²) in [6, 6.07) is 10.5. The minimum Gasteiger partial charge on any atom is -0.307 e. The average Bonchev–Trinajstić information content (AvgIpc) is 3.32. The normalized spacial score (nSPS) is 23.5. The van der Waals surface area contributed by atoms with Crippen LogP contribution >= 0.6 is 0 Å². The predicted octanol–water partition coefficient (Wildman–Crippen LogP) is 5.39. The highest BCUT2D eigenvalue weighted by Gasteiger charge is 2.34. The molecule has 2 fully saturated rings. The monoisotopic (exact) mass is 285 g/mol. The van der Waals surface area contributed by atoms with Gasteiger partial charge in [0, 0.05) is 12.1 Å². The number of nitrogens with one attached hydrogen (secondary N) is 1. The Balaban J connectivity index is 1.65. The average molecular weight is 285 g/mol. The van der Waals surface area contributed by atoms with Crippen LogP contribution in [0.1, 0.15) is 75.5 Å². The van der Waals surface area contributed by atoms with E-state index in [0.29, 0.717) is 12.1 Å². The van der Waals surface area contributed by atoms with Crippen molar-refractivity contribution in [3.05, 3.63) is 35.4 Å². The summed E-state index contributed by atoms with van der Waals surface area (Å²) in [6.45, 7) is 4.61. The van der Waals surface area contributed by atoms with Crippen LogP contribution in [0.25, 0.3) is 0 Å². The summed E-state index contributed by atoms with van der Waals surface area (Å²) < 4.78 is 0. The van der Waals surface area contributed by atoms with Gasteiger partial charge in [-0.3, -0.25) is 0 Å². The van der Waals surface area contributed by atoms with E-state index in [9.17, 15) is 0 Å². The molecule has 0 aliphatic heterocycles. The highest BCUT2D eigenvalue weighted by Crippen LogP contribution is 2.42. The summed E-state index contributed by atoms with van der Waals surface area (Å²) in [6.07, 6.45) is 11.5. The molecule has 0 radical (unpaired) electrons. The fourth-order valence-electron chi connectivity index (χ4n) is 3.94. The van der Waals surface area contributed by atoms with E-state index >= 15 is 0 Å². The van der Waals surface area contributed by atoms with Crippen LogP contribution in [0.2, 0.25) is 0 Å². The summed E-state index contributed by atoms with van der Waals surface area (Å²) in [5.74, 6) is 1.76. The van der Waals surface area contributed by atoms with Crippen LogP contribution in [-0.2, 0) is 0 Å². The standard InChI is InChI=1S/C20H31N/c1-15-9-11-18(12-10-15)20(19-13-14-19)21-16(2)17-7-5-3-4-6-8-17/h9-12,16-17,19-21H,3-8,13-14H2,1-2H3/t16-,20?/m0/s1.